The van der Waals surface area contributed by atoms with Crippen LogP contribution in [-0.4, -0.2) is 14.4 Å². The molecule has 3 atom stereocenters. The summed E-state index contributed by atoms with van der Waals surface area (Å²) in [5, 5.41) is 0. The summed E-state index contributed by atoms with van der Waals surface area (Å²) < 4.78 is 6.57. The van der Waals surface area contributed by atoms with Crippen molar-refractivity contribution in [2.45, 2.75) is 71.7 Å². The average molecular weight is 228 g/mol. The first-order chi connectivity index (χ1) is 7.08. The van der Waals surface area contributed by atoms with Crippen molar-refractivity contribution in [3.05, 3.63) is 0 Å². The Morgan fingerprint density at radius 3 is 1.87 bits per heavy atom. The highest BCUT2D eigenvalue weighted by Gasteiger charge is 2.37. The van der Waals surface area contributed by atoms with Crippen molar-refractivity contribution < 1.29 is 4.43 Å². The molecule has 1 rings (SSSR count). The van der Waals surface area contributed by atoms with Gasteiger partial charge in [-0.25, -0.2) is 0 Å². The first-order valence-electron chi connectivity index (χ1n) is 6.76. The molecule has 3 unspecified atom stereocenters. The van der Waals surface area contributed by atoms with Gasteiger partial charge < -0.3 is 4.43 Å². The van der Waals surface area contributed by atoms with Gasteiger partial charge in [0.05, 0.1) is 0 Å². The van der Waals surface area contributed by atoms with E-state index >= 15 is 0 Å². The molecule has 2 heteroatoms. The fourth-order valence-corrected chi connectivity index (χ4v) is 5.78. The molecule has 0 saturated heterocycles. The van der Waals surface area contributed by atoms with Gasteiger partial charge in [-0.2, -0.15) is 0 Å². The Morgan fingerprint density at radius 2 is 1.53 bits per heavy atom. The van der Waals surface area contributed by atoms with Crippen LogP contribution in [0.4, 0.5) is 0 Å². The lowest BCUT2D eigenvalue weighted by Gasteiger charge is -2.34. The molecule has 1 fully saturated rings. The van der Waals surface area contributed by atoms with Crippen LogP contribution in [0.15, 0.2) is 0 Å². The lowest BCUT2D eigenvalue weighted by atomic mass is 10.00. The maximum absolute atomic E-state index is 6.57. The van der Waals surface area contributed by atoms with Gasteiger partial charge in [0, 0.05) is 6.10 Å². The summed E-state index contributed by atoms with van der Waals surface area (Å²) in [6.45, 7) is 11.7. The normalized spacial score (nSPS) is 32.2. The molecule has 0 amide bonds. The van der Waals surface area contributed by atoms with Crippen molar-refractivity contribution in [1.29, 1.82) is 0 Å². The van der Waals surface area contributed by atoms with Gasteiger partial charge in [-0.3, -0.25) is 0 Å². The Labute approximate surface area is 96.7 Å². The van der Waals surface area contributed by atoms with Crippen molar-refractivity contribution in [3.8, 4) is 0 Å². The van der Waals surface area contributed by atoms with Gasteiger partial charge >= 0.3 is 0 Å². The number of hydrogen-bond acceptors (Lipinski definition) is 1. The maximum atomic E-state index is 6.57. The van der Waals surface area contributed by atoms with E-state index in [0.29, 0.717) is 6.10 Å². The molecule has 1 aliphatic rings. The van der Waals surface area contributed by atoms with Crippen LogP contribution in [-0.2, 0) is 4.43 Å². The lowest BCUT2D eigenvalue weighted by molar-refractivity contribution is 0.142. The molecule has 1 aliphatic carbocycles. The molecule has 0 aromatic heterocycles. The van der Waals surface area contributed by atoms with E-state index in [1.54, 1.807) is 0 Å². The first-order valence-corrected chi connectivity index (χ1v) is 9.29. The third kappa shape index (κ3) is 2.85. The third-order valence-electron chi connectivity index (χ3n) is 4.72. The fourth-order valence-electron chi connectivity index (χ4n) is 2.81. The molecule has 90 valence electrons. The highest BCUT2D eigenvalue weighted by molar-refractivity contribution is 6.73. The summed E-state index contributed by atoms with van der Waals surface area (Å²) in [5.41, 5.74) is 0. The summed E-state index contributed by atoms with van der Waals surface area (Å²) in [7, 11) is -1.35. The van der Waals surface area contributed by atoms with Gasteiger partial charge in [0.1, 0.15) is 0 Å². The lowest BCUT2D eigenvalue weighted by Crippen LogP contribution is -2.41. The summed E-state index contributed by atoms with van der Waals surface area (Å²) in [4.78, 5) is 0. The molecule has 1 nitrogen and oxygen atoms in total. The Bertz CT molecular complexity index is 181. The minimum Gasteiger partial charge on any atom is -0.414 e. The molecular weight excluding hydrogens is 200 g/mol. The van der Waals surface area contributed by atoms with Gasteiger partial charge in [0.15, 0.2) is 8.32 Å². The summed E-state index contributed by atoms with van der Waals surface area (Å²) in [5.74, 6) is 1.65. The minimum atomic E-state index is -1.35. The third-order valence-corrected chi connectivity index (χ3v) is 9.39. The second-order valence-corrected chi connectivity index (χ2v) is 10.0. The van der Waals surface area contributed by atoms with E-state index in [1.807, 2.05) is 0 Å². The van der Waals surface area contributed by atoms with E-state index in [-0.39, 0.29) is 0 Å². The molecule has 0 aromatic carbocycles. The fraction of sp³-hybridized carbons (Fsp3) is 1.00. The topological polar surface area (TPSA) is 9.23 Å². The van der Waals surface area contributed by atoms with Gasteiger partial charge in [0.2, 0.25) is 0 Å². The van der Waals surface area contributed by atoms with E-state index in [0.717, 1.165) is 11.8 Å². The largest absolute Gasteiger partial charge is 0.414 e. The van der Waals surface area contributed by atoms with Gasteiger partial charge in [-0.15, -0.1) is 0 Å². The Balaban J connectivity index is 2.59. The molecule has 0 bridgehead atoms. The molecule has 15 heavy (non-hydrogen) atoms. The minimum absolute atomic E-state index is 0.575. The highest BCUT2D eigenvalue weighted by Crippen LogP contribution is 2.37. The Hall–Kier alpha value is 0.177. The molecule has 0 aromatic rings. The summed E-state index contributed by atoms with van der Waals surface area (Å²) in [6.07, 6.45) is 3.25. The molecule has 0 heterocycles. The standard InChI is InChI=1S/C13H28OSi/c1-6-15(7-2,8-3)14-13-10-9-11(4)12(13)5/h11-13H,6-10H2,1-5H3. The van der Waals surface area contributed by atoms with Crippen LogP contribution in [0.3, 0.4) is 0 Å². The van der Waals surface area contributed by atoms with E-state index in [4.69, 9.17) is 4.43 Å². The van der Waals surface area contributed by atoms with Crippen LogP contribution < -0.4 is 0 Å². The zero-order valence-corrected chi connectivity index (χ0v) is 12.2. The first kappa shape index (κ1) is 13.2. The zero-order valence-electron chi connectivity index (χ0n) is 11.2. The van der Waals surface area contributed by atoms with Crippen molar-refractivity contribution in [2.24, 2.45) is 11.8 Å². The predicted molar refractivity (Wildman–Crippen MR) is 69.6 cm³/mol. The molecule has 0 radical (unpaired) electrons. The van der Waals surface area contributed by atoms with Crippen molar-refractivity contribution >= 4 is 8.32 Å². The van der Waals surface area contributed by atoms with E-state index in [9.17, 15) is 0 Å². The monoisotopic (exact) mass is 228 g/mol. The van der Waals surface area contributed by atoms with Crippen LogP contribution in [0.5, 0.6) is 0 Å². The smallest absolute Gasteiger partial charge is 0.192 e. The maximum Gasteiger partial charge on any atom is 0.192 e. The molecule has 1 saturated carbocycles. The molecular formula is C13H28OSi. The molecule has 0 spiro atoms. The quantitative estimate of drug-likeness (QED) is 0.632. The Kier molecular flexibility index (Phi) is 4.85. The van der Waals surface area contributed by atoms with Crippen LogP contribution >= 0.6 is 0 Å². The summed E-state index contributed by atoms with van der Waals surface area (Å²) >= 11 is 0. The van der Waals surface area contributed by atoms with Gasteiger partial charge in [-0.05, 0) is 42.8 Å². The number of rotatable bonds is 5. The number of hydrogen-bond donors (Lipinski definition) is 0. The summed E-state index contributed by atoms with van der Waals surface area (Å²) in [6, 6.07) is 3.87. The van der Waals surface area contributed by atoms with Crippen LogP contribution in [0.2, 0.25) is 18.1 Å². The van der Waals surface area contributed by atoms with E-state index in [2.05, 4.69) is 34.6 Å². The van der Waals surface area contributed by atoms with Gasteiger partial charge in [0.25, 0.3) is 0 Å². The van der Waals surface area contributed by atoms with Gasteiger partial charge in [-0.1, -0.05) is 34.6 Å². The second-order valence-electron chi connectivity index (χ2n) is 5.31. The van der Waals surface area contributed by atoms with E-state index < -0.39 is 8.32 Å². The van der Waals surface area contributed by atoms with Crippen LogP contribution in [0.25, 0.3) is 0 Å². The second kappa shape index (κ2) is 5.49. The van der Waals surface area contributed by atoms with Crippen molar-refractivity contribution in [1.82, 2.24) is 0 Å². The van der Waals surface area contributed by atoms with Crippen LogP contribution in [0, 0.1) is 11.8 Å². The van der Waals surface area contributed by atoms with Crippen molar-refractivity contribution in [3.63, 3.8) is 0 Å². The Morgan fingerprint density at radius 1 is 1.00 bits per heavy atom. The molecule has 0 N–H and O–H groups in total. The van der Waals surface area contributed by atoms with Crippen LogP contribution in [0.1, 0.15) is 47.5 Å². The molecule has 0 aliphatic heterocycles. The highest BCUT2D eigenvalue weighted by atomic mass is 28.4. The average Bonchev–Trinajstić information content (AvgIpc) is 2.57. The van der Waals surface area contributed by atoms with E-state index in [1.165, 1.54) is 31.0 Å². The predicted octanol–water partition coefficient (Wildman–Crippen LogP) is 4.44. The zero-order chi connectivity index (χ0) is 11.5. The van der Waals surface area contributed by atoms with Crippen molar-refractivity contribution in [2.75, 3.05) is 0 Å². The SMILES string of the molecule is CC[Si](CC)(CC)OC1CCC(C)C1C.